The fourth-order valence-corrected chi connectivity index (χ4v) is 8.38. The zero-order chi connectivity index (χ0) is 16.9. The summed E-state index contributed by atoms with van der Waals surface area (Å²) in [5.41, 5.74) is 0.510. The van der Waals surface area contributed by atoms with E-state index in [1.54, 1.807) is 0 Å². The fraction of sp³-hybridized carbons (Fsp3) is 0.944. The molecule has 0 aromatic carbocycles. The van der Waals surface area contributed by atoms with Gasteiger partial charge in [0, 0.05) is 11.3 Å². The average Bonchev–Trinajstić information content (AvgIpc) is 2.60. The Kier molecular flexibility index (Phi) is 7.16. The molecular weight excluding hydrogens is 309 g/mol. The molecule has 2 aliphatic rings. The molecule has 0 bridgehead atoms. The van der Waals surface area contributed by atoms with E-state index >= 15 is 0 Å². The molecule has 0 aromatic rings. The summed E-state index contributed by atoms with van der Waals surface area (Å²) in [5.74, 6) is -0.185. The Morgan fingerprint density at radius 1 is 0.957 bits per heavy atom. The number of carbonyl (C=O) groups excluding carboxylic acids is 1. The number of ether oxygens (including phenoxy) is 1. The maximum Gasteiger partial charge on any atom is 0.323 e. The maximum absolute atomic E-state index is 14.1. The van der Waals surface area contributed by atoms with Crippen molar-refractivity contribution in [1.29, 1.82) is 0 Å². The molecule has 0 heterocycles. The van der Waals surface area contributed by atoms with Crippen molar-refractivity contribution in [2.45, 2.75) is 95.4 Å². The third kappa shape index (κ3) is 4.60. The first-order valence-corrected chi connectivity index (χ1v) is 11.3. The largest absolute Gasteiger partial charge is 0.468 e. The van der Waals surface area contributed by atoms with Crippen LogP contribution < -0.4 is 5.09 Å². The summed E-state index contributed by atoms with van der Waals surface area (Å²) in [7, 11) is -1.18. The van der Waals surface area contributed by atoms with Crippen molar-refractivity contribution >= 4 is 13.3 Å². The number of nitrogens with one attached hydrogen (secondary N) is 1. The lowest BCUT2D eigenvalue weighted by atomic mass is 9.99. The zero-order valence-electron chi connectivity index (χ0n) is 15.1. The van der Waals surface area contributed by atoms with Gasteiger partial charge >= 0.3 is 5.97 Å². The number of rotatable bonds is 6. The first kappa shape index (κ1) is 19.0. The molecule has 134 valence electrons. The van der Waals surface area contributed by atoms with Gasteiger partial charge in [-0.05, 0) is 31.6 Å². The van der Waals surface area contributed by atoms with E-state index in [2.05, 4.69) is 5.09 Å². The number of methoxy groups -OCH3 is 1. The Hall–Kier alpha value is -0.340. The van der Waals surface area contributed by atoms with Gasteiger partial charge in [-0.3, -0.25) is 9.88 Å². The molecule has 2 rings (SSSR count). The predicted octanol–water partition coefficient (Wildman–Crippen LogP) is 4.72. The van der Waals surface area contributed by atoms with Gasteiger partial charge < -0.3 is 9.30 Å². The fourth-order valence-electron chi connectivity index (χ4n) is 4.26. The van der Waals surface area contributed by atoms with Crippen molar-refractivity contribution < 1.29 is 14.1 Å². The second-order valence-corrected chi connectivity index (χ2v) is 10.8. The van der Waals surface area contributed by atoms with Gasteiger partial charge in [0.05, 0.1) is 7.11 Å². The first-order chi connectivity index (χ1) is 11.0. The standard InChI is InChI=1S/C18H34NO3P/c1-14(2)17(18(20)22-3)19-23(21,15-10-6-4-7-11-15)16-12-8-5-9-13-16/h14-17H,4-13H2,1-3H3,(H,19,21). The Labute approximate surface area is 141 Å². The van der Waals surface area contributed by atoms with Gasteiger partial charge in [-0.2, -0.15) is 0 Å². The van der Waals surface area contributed by atoms with Crippen LogP contribution in [-0.4, -0.2) is 30.4 Å². The Morgan fingerprint density at radius 3 is 1.74 bits per heavy atom. The molecule has 2 aliphatic carbocycles. The predicted molar refractivity (Wildman–Crippen MR) is 95.1 cm³/mol. The topological polar surface area (TPSA) is 55.4 Å². The maximum atomic E-state index is 14.1. The minimum Gasteiger partial charge on any atom is -0.468 e. The van der Waals surface area contributed by atoms with Gasteiger partial charge in [0.15, 0.2) is 7.29 Å². The molecule has 23 heavy (non-hydrogen) atoms. The summed E-state index contributed by atoms with van der Waals surface area (Å²) in [6, 6.07) is -0.449. The lowest BCUT2D eigenvalue weighted by Gasteiger charge is -2.40. The monoisotopic (exact) mass is 343 g/mol. The third-order valence-corrected chi connectivity index (χ3v) is 9.58. The minimum atomic E-state index is -2.60. The van der Waals surface area contributed by atoms with Gasteiger partial charge in [0.25, 0.3) is 0 Å². The minimum absolute atomic E-state index is 0.0861. The number of hydrogen-bond acceptors (Lipinski definition) is 3. The van der Waals surface area contributed by atoms with E-state index in [4.69, 9.17) is 4.74 Å². The van der Waals surface area contributed by atoms with Crippen LogP contribution >= 0.6 is 7.29 Å². The van der Waals surface area contributed by atoms with Gasteiger partial charge in [0.2, 0.25) is 0 Å². The molecule has 5 heteroatoms. The van der Waals surface area contributed by atoms with Crippen molar-refractivity contribution in [3.05, 3.63) is 0 Å². The van der Waals surface area contributed by atoms with E-state index in [1.807, 2.05) is 13.8 Å². The highest BCUT2D eigenvalue weighted by Gasteiger charge is 2.44. The quantitative estimate of drug-likeness (QED) is 0.560. The van der Waals surface area contributed by atoms with Crippen LogP contribution in [0, 0.1) is 5.92 Å². The van der Waals surface area contributed by atoms with Crippen molar-refractivity contribution in [2.24, 2.45) is 5.92 Å². The Bertz CT molecular complexity index is 404. The molecule has 4 nitrogen and oxygen atoms in total. The molecule has 1 unspecified atom stereocenters. The Morgan fingerprint density at radius 2 is 1.39 bits per heavy atom. The molecule has 2 saturated carbocycles. The highest BCUT2D eigenvalue weighted by atomic mass is 31.2. The van der Waals surface area contributed by atoms with E-state index in [9.17, 15) is 9.36 Å². The summed E-state index contributed by atoms with van der Waals surface area (Å²) in [5, 5.41) is 3.40. The molecule has 0 spiro atoms. The van der Waals surface area contributed by atoms with E-state index in [0.717, 1.165) is 25.7 Å². The number of hydrogen-bond donors (Lipinski definition) is 1. The third-order valence-electron chi connectivity index (χ3n) is 5.70. The molecule has 0 saturated heterocycles. The van der Waals surface area contributed by atoms with E-state index in [0.29, 0.717) is 0 Å². The molecular formula is C18H34NO3P. The lowest BCUT2D eigenvalue weighted by Crippen LogP contribution is -2.44. The first-order valence-electron chi connectivity index (χ1n) is 9.44. The zero-order valence-corrected chi connectivity index (χ0v) is 15.9. The van der Waals surface area contributed by atoms with Crippen LogP contribution in [0.4, 0.5) is 0 Å². The Balaban J connectivity index is 2.24. The molecule has 2 fully saturated rings. The number of carbonyl (C=O) groups is 1. The highest BCUT2D eigenvalue weighted by Crippen LogP contribution is 2.60. The van der Waals surface area contributed by atoms with Crippen molar-refractivity contribution in [1.82, 2.24) is 5.09 Å². The van der Waals surface area contributed by atoms with E-state index in [1.165, 1.54) is 45.6 Å². The van der Waals surface area contributed by atoms with Gasteiger partial charge in [-0.15, -0.1) is 0 Å². The van der Waals surface area contributed by atoms with Crippen molar-refractivity contribution in [3.63, 3.8) is 0 Å². The van der Waals surface area contributed by atoms with Gasteiger partial charge in [-0.25, -0.2) is 0 Å². The second-order valence-electron chi connectivity index (χ2n) is 7.67. The van der Waals surface area contributed by atoms with Crippen LogP contribution in [0.3, 0.4) is 0 Å². The summed E-state index contributed by atoms with van der Waals surface area (Å²) >= 11 is 0. The van der Waals surface area contributed by atoms with Crippen LogP contribution in [0.1, 0.15) is 78.1 Å². The SMILES string of the molecule is COC(=O)C(NP(=O)(C1CCCCC1)C1CCCCC1)C(C)C. The summed E-state index contributed by atoms with van der Waals surface area (Å²) in [6.45, 7) is 4.00. The summed E-state index contributed by atoms with van der Waals surface area (Å²) < 4.78 is 19.1. The molecule has 0 amide bonds. The number of esters is 1. The summed E-state index contributed by atoms with van der Waals surface area (Å²) in [6.07, 6.45) is 11.4. The average molecular weight is 343 g/mol. The van der Waals surface area contributed by atoms with Crippen molar-refractivity contribution in [2.75, 3.05) is 7.11 Å². The summed E-state index contributed by atoms with van der Waals surface area (Å²) in [4.78, 5) is 12.2. The molecule has 1 N–H and O–H groups in total. The van der Waals surface area contributed by atoms with Crippen LogP contribution in [-0.2, 0) is 14.1 Å². The van der Waals surface area contributed by atoms with Gasteiger partial charge in [-0.1, -0.05) is 52.4 Å². The van der Waals surface area contributed by atoms with Crippen molar-refractivity contribution in [3.8, 4) is 0 Å². The van der Waals surface area contributed by atoms with Crippen LogP contribution in [0.25, 0.3) is 0 Å². The normalized spacial score (nSPS) is 23.0. The van der Waals surface area contributed by atoms with Crippen LogP contribution in [0.15, 0.2) is 0 Å². The molecule has 0 radical (unpaired) electrons. The van der Waals surface area contributed by atoms with Crippen LogP contribution in [0.5, 0.6) is 0 Å². The highest BCUT2D eigenvalue weighted by molar-refractivity contribution is 7.63. The molecule has 0 aliphatic heterocycles. The van der Waals surface area contributed by atoms with Gasteiger partial charge in [0.1, 0.15) is 6.04 Å². The van der Waals surface area contributed by atoms with E-state index in [-0.39, 0.29) is 23.2 Å². The molecule has 1 atom stereocenters. The van der Waals surface area contributed by atoms with Crippen LogP contribution in [0.2, 0.25) is 0 Å². The molecule has 0 aromatic heterocycles. The van der Waals surface area contributed by atoms with E-state index < -0.39 is 13.3 Å². The second kappa shape index (κ2) is 8.67. The lowest BCUT2D eigenvalue weighted by molar-refractivity contribution is -0.143. The smallest absolute Gasteiger partial charge is 0.323 e.